The van der Waals surface area contributed by atoms with Crippen LogP contribution in [0.4, 0.5) is 0 Å². The van der Waals surface area contributed by atoms with Crippen LogP contribution in [0.25, 0.3) is 0 Å². The molecular formula is C6H8N4. The van der Waals surface area contributed by atoms with Crippen LogP contribution in [-0.2, 0) is 0 Å². The van der Waals surface area contributed by atoms with E-state index in [1.54, 1.807) is 12.4 Å². The van der Waals surface area contributed by atoms with Gasteiger partial charge in [-0.2, -0.15) is 0 Å². The van der Waals surface area contributed by atoms with Crippen molar-refractivity contribution in [1.29, 1.82) is 0 Å². The summed E-state index contributed by atoms with van der Waals surface area (Å²) in [5.41, 5.74) is 4.11. The molecule has 4 nitrogen and oxygen atoms in total. The molecular weight excluding hydrogens is 128 g/mol. The Bertz CT molecular complexity index is 228. The third-order valence-electron chi connectivity index (χ3n) is 1.38. The zero-order valence-electron chi connectivity index (χ0n) is 5.65. The molecule has 2 heterocycles. The van der Waals surface area contributed by atoms with Crippen molar-refractivity contribution in [3.05, 3.63) is 24.3 Å². The average molecular weight is 136 g/mol. The van der Waals surface area contributed by atoms with Gasteiger partial charge >= 0.3 is 0 Å². The minimum Gasteiger partial charge on any atom is -0.299 e. The molecule has 2 rings (SSSR count). The summed E-state index contributed by atoms with van der Waals surface area (Å²) in [6.07, 6.45) is 7.38. The molecule has 0 bridgehead atoms. The topological polar surface area (TPSA) is 30.9 Å². The molecule has 2 aliphatic rings. The summed E-state index contributed by atoms with van der Waals surface area (Å²) >= 11 is 0. The fourth-order valence-electron chi connectivity index (χ4n) is 0.957. The average Bonchev–Trinajstić information content (AvgIpc) is 2.27. The summed E-state index contributed by atoms with van der Waals surface area (Å²) in [6.45, 7) is 0. The highest BCUT2D eigenvalue weighted by Gasteiger charge is 2.14. The van der Waals surface area contributed by atoms with Gasteiger partial charge in [0, 0.05) is 25.6 Å². The predicted octanol–water partition coefficient (Wildman–Crippen LogP) is 0.0504. The number of hydrazine groups is 2. The lowest BCUT2D eigenvalue weighted by molar-refractivity contribution is 0.208. The molecule has 0 aromatic carbocycles. The van der Waals surface area contributed by atoms with E-state index in [9.17, 15) is 0 Å². The van der Waals surface area contributed by atoms with Crippen molar-refractivity contribution >= 4 is 6.21 Å². The summed E-state index contributed by atoms with van der Waals surface area (Å²) in [4.78, 5) is 3.97. The van der Waals surface area contributed by atoms with Crippen molar-refractivity contribution in [2.45, 2.75) is 0 Å². The molecule has 4 heteroatoms. The van der Waals surface area contributed by atoms with Crippen LogP contribution in [0.2, 0.25) is 0 Å². The van der Waals surface area contributed by atoms with Gasteiger partial charge in [-0.05, 0) is 0 Å². The molecule has 10 heavy (non-hydrogen) atoms. The molecule has 0 radical (unpaired) electrons. The summed E-state index contributed by atoms with van der Waals surface area (Å²) in [5.74, 6) is 0. The van der Waals surface area contributed by atoms with Gasteiger partial charge in [-0.15, -0.1) is 5.53 Å². The molecule has 0 atom stereocenters. The SMILES string of the molecule is CN1C=C2C=NC=CN2N1. The Kier molecular flexibility index (Phi) is 1.01. The van der Waals surface area contributed by atoms with Crippen LogP contribution in [-0.4, -0.2) is 23.3 Å². The Hall–Kier alpha value is -1.29. The highest BCUT2D eigenvalue weighted by Crippen LogP contribution is 2.10. The summed E-state index contributed by atoms with van der Waals surface area (Å²) in [7, 11) is 1.94. The highest BCUT2D eigenvalue weighted by atomic mass is 15.8. The zero-order chi connectivity index (χ0) is 6.97. The monoisotopic (exact) mass is 136 g/mol. The molecule has 0 amide bonds. The van der Waals surface area contributed by atoms with Gasteiger partial charge in [0.1, 0.15) is 0 Å². The molecule has 0 aromatic heterocycles. The lowest BCUT2D eigenvalue weighted by atomic mass is 10.4. The van der Waals surface area contributed by atoms with Crippen LogP contribution in [0.15, 0.2) is 29.3 Å². The van der Waals surface area contributed by atoms with Gasteiger partial charge in [-0.3, -0.25) is 15.0 Å². The zero-order valence-corrected chi connectivity index (χ0v) is 5.65. The summed E-state index contributed by atoms with van der Waals surface area (Å²) in [6, 6.07) is 0. The van der Waals surface area contributed by atoms with Crippen LogP contribution in [0, 0.1) is 0 Å². The second kappa shape index (κ2) is 1.85. The van der Waals surface area contributed by atoms with Crippen LogP contribution >= 0.6 is 0 Å². The molecule has 2 aliphatic heterocycles. The number of hydrogen-bond donors (Lipinski definition) is 1. The molecule has 0 unspecified atom stereocenters. The Morgan fingerprint density at radius 2 is 2.50 bits per heavy atom. The maximum Gasteiger partial charge on any atom is 0.0946 e. The third-order valence-corrected chi connectivity index (χ3v) is 1.38. The van der Waals surface area contributed by atoms with E-state index >= 15 is 0 Å². The molecule has 0 saturated carbocycles. The smallest absolute Gasteiger partial charge is 0.0946 e. The van der Waals surface area contributed by atoms with E-state index in [4.69, 9.17) is 0 Å². The van der Waals surface area contributed by atoms with Crippen molar-refractivity contribution < 1.29 is 0 Å². The quantitative estimate of drug-likeness (QED) is 0.510. The molecule has 0 aromatic rings. The van der Waals surface area contributed by atoms with E-state index in [1.807, 2.05) is 29.5 Å². The standard InChI is InChI=1S/C6H8N4/c1-9-5-6-4-7-2-3-10(6)8-9/h2-5,8H,1H3. The number of nitrogens with zero attached hydrogens (tertiary/aromatic N) is 3. The van der Waals surface area contributed by atoms with E-state index < -0.39 is 0 Å². The maximum atomic E-state index is 3.97. The van der Waals surface area contributed by atoms with E-state index in [0.717, 1.165) is 5.70 Å². The second-order valence-corrected chi connectivity index (χ2v) is 2.21. The maximum absolute atomic E-state index is 3.97. The molecule has 0 saturated heterocycles. The van der Waals surface area contributed by atoms with Crippen LogP contribution in [0.3, 0.4) is 0 Å². The van der Waals surface area contributed by atoms with Gasteiger partial charge in [0.15, 0.2) is 0 Å². The fourth-order valence-corrected chi connectivity index (χ4v) is 0.957. The molecule has 1 N–H and O–H groups in total. The third kappa shape index (κ3) is 0.698. The summed E-state index contributed by atoms with van der Waals surface area (Å²) < 4.78 is 0. The van der Waals surface area contributed by atoms with Crippen molar-refractivity contribution in [2.75, 3.05) is 7.05 Å². The first-order valence-corrected chi connectivity index (χ1v) is 3.06. The largest absolute Gasteiger partial charge is 0.299 e. The number of nitrogens with one attached hydrogen (secondary N) is 1. The first-order valence-electron chi connectivity index (χ1n) is 3.06. The number of aliphatic imine (C=N–C) groups is 1. The highest BCUT2D eigenvalue weighted by molar-refractivity contribution is 5.79. The second-order valence-electron chi connectivity index (χ2n) is 2.21. The Balaban J connectivity index is 2.29. The van der Waals surface area contributed by atoms with E-state index in [2.05, 4.69) is 10.5 Å². The normalized spacial score (nSPS) is 21.5. The van der Waals surface area contributed by atoms with Gasteiger partial charge in [0.05, 0.1) is 11.9 Å². The predicted molar refractivity (Wildman–Crippen MR) is 38.5 cm³/mol. The lowest BCUT2D eigenvalue weighted by Gasteiger charge is -2.17. The van der Waals surface area contributed by atoms with Crippen LogP contribution in [0.5, 0.6) is 0 Å². The van der Waals surface area contributed by atoms with E-state index in [0.29, 0.717) is 0 Å². The molecule has 52 valence electrons. The van der Waals surface area contributed by atoms with Crippen molar-refractivity contribution in [1.82, 2.24) is 15.6 Å². The molecule has 0 fully saturated rings. The Labute approximate surface area is 59.1 Å². The van der Waals surface area contributed by atoms with Gasteiger partial charge in [-0.25, -0.2) is 0 Å². The summed E-state index contributed by atoms with van der Waals surface area (Å²) in [5, 5.41) is 3.77. The number of hydrogen-bond acceptors (Lipinski definition) is 4. The molecule has 0 spiro atoms. The number of fused-ring (bicyclic) bond motifs is 1. The number of allylic oxidation sites excluding steroid dienone is 1. The first-order chi connectivity index (χ1) is 4.86. The van der Waals surface area contributed by atoms with Crippen molar-refractivity contribution in [2.24, 2.45) is 4.99 Å². The van der Waals surface area contributed by atoms with Crippen molar-refractivity contribution in [3.8, 4) is 0 Å². The molecule has 0 aliphatic carbocycles. The van der Waals surface area contributed by atoms with Gasteiger partial charge in [0.25, 0.3) is 0 Å². The van der Waals surface area contributed by atoms with Gasteiger partial charge in [0.2, 0.25) is 0 Å². The van der Waals surface area contributed by atoms with Crippen molar-refractivity contribution in [3.63, 3.8) is 0 Å². The Morgan fingerprint density at radius 1 is 1.60 bits per heavy atom. The Morgan fingerprint density at radius 3 is 3.30 bits per heavy atom. The minimum absolute atomic E-state index is 1.06. The van der Waals surface area contributed by atoms with Crippen LogP contribution in [0.1, 0.15) is 0 Å². The van der Waals surface area contributed by atoms with E-state index in [1.165, 1.54) is 0 Å². The van der Waals surface area contributed by atoms with Crippen LogP contribution < -0.4 is 5.53 Å². The lowest BCUT2D eigenvalue weighted by Crippen LogP contribution is -2.35. The van der Waals surface area contributed by atoms with Gasteiger partial charge < -0.3 is 0 Å². The number of rotatable bonds is 0. The fraction of sp³-hybridized carbons (Fsp3) is 0.167. The first kappa shape index (κ1) is 5.49. The minimum atomic E-state index is 1.06. The van der Waals surface area contributed by atoms with E-state index in [-0.39, 0.29) is 0 Å². The van der Waals surface area contributed by atoms with Gasteiger partial charge in [-0.1, -0.05) is 0 Å².